The molecule has 2 nitrogen and oxygen atoms in total. The summed E-state index contributed by atoms with van der Waals surface area (Å²) in [6.45, 7) is 3.67. The Hall–Kier alpha value is -0.680. The number of nitrogens with one attached hydrogen (secondary N) is 1. The van der Waals surface area contributed by atoms with Gasteiger partial charge in [-0.25, -0.2) is 0 Å². The van der Waals surface area contributed by atoms with Gasteiger partial charge in [0.25, 0.3) is 0 Å². The Kier molecular flexibility index (Phi) is 4.56. The van der Waals surface area contributed by atoms with Gasteiger partial charge in [-0.2, -0.15) is 0 Å². The third kappa shape index (κ3) is 3.65. The van der Waals surface area contributed by atoms with Gasteiger partial charge in [-0.1, -0.05) is 30.3 Å². The smallest absolute Gasteiger partial charge is 0.0701 e. The van der Waals surface area contributed by atoms with Crippen LogP contribution in [0.15, 0.2) is 46.3 Å². The molecular formula is C14H17BrN2S. The van der Waals surface area contributed by atoms with Crippen LogP contribution in [-0.4, -0.2) is 6.54 Å². The molecule has 96 valence electrons. The van der Waals surface area contributed by atoms with Crippen molar-refractivity contribution in [1.82, 2.24) is 5.32 Å². The van der Waals surface area contributed by atoms with E-state index < -0.39 is 0 Å². The van der Waals surface area contributed by atoms with Crippen LogP contribution in [-0.2, 0) is 12.1 Å². The second-order valence-corrected chi connectivity index (χ2v) is 7.14. The lowest BCUT2D eigenvalue weighted by atomic mass is 9.93. The molecule has 1 atom stereocenters. The van der Waals surface area contributed by atoms with E-state index in [1.54, 1.807) is 11.3 Å². The van der Waals surface area contributed by atoms with Crippen LogP contribution in [0.25, 0.3) is 0 Å². The number of rotatable bonds is 5. The van der Waals surface area contributed by atoms with Gasteiger partial charge in [0, 0.05) is 18.0 Å². The van der Waals surface area contributed by atoms with Crippen LogP contribution in [0.5, 0.6) is 0 Å². The van der Waals surface area contributed by atoms with Gasteiger partial charge < -0.3 is 11.1 Å². The number of halogens is 1. The second-order valence-electron chi connectivity index (χ2n) is 4.59. The van der Waals surface area contributed by atoms with Gasteiger partial charge in [0.15, 0.2) is 0 Å². The zero-order chi connectivity index (χ0) is 13.0. The molecule has 0 saturated carbocycles. The third-order valence-corrected chi connectivity index (χ3v) is 4.48. The van der Waals surface area contributed by atoms with E-state index in [2.05, 4.69) is 52.4 Å². The molecule has 0 fully saturated rings. The maximum absolute atomic E-state index is 6.34. The Labute approximate surface area is 120 Å². The van der Waals surface area contributed by atoms with Crippen molar-refractivity contribution in [3.8, 4) is 0 Å². The molecule has 1 unspecified atom stereocenters. The van der Waals surface area contributed by atoms with Crippen molar-refractivity contribution in [3.63, 3.8) is 0 Å². The van der Waals surface area contributed by atoms with Gasteiger partial charge in [0.1, 0.15) is 0 Å². The molecule has 0 bridgehead atoms. The zero-order valence-corrected chi connectivity index (χ0v) is 12.7. The van der Waals surface area contributed by atoms with E-state index in [4.69, 9.17) is 5.73 Å². The van der Waals surface area contributed by atoms with E-state index >= 15 is 0 Å². The highest BCUT2D eigenvalue weighted by Crippen LogP contribution is 2.22. The predicted molar refractivity (Wildman–Crippen MR) is 81.7 cm³/mol. The molecule has 0 aliphatic rings. The molecule has 3 N–H and O–H groups in total. The molecular weight excluding hydrogens is 308 g/mol. The maximum Gasteiger partial charge on any atom is 0.0701 e. The molecule has 4 heteroatoms. The first-order valence-electron chi connectivity index (χ1n) is 5.87. The minimum Gasteiger partial charge on any atom is -0.321 e. The third-order valence-electron chi connectivity index (χ3n) is 2.85. The van der Waals surface area contributed by atoms with Crippen molar-refractivity contribution in [3.05, 3.63) is 56.7 Å². The van der Waals surface area contributed by atoms with Crippen molar-refractivity contribution in [2.24, 2.45) is 5.73 Å². The Morgan fingerprint density at radius 2 is 1.94 bits per heavy atom. The SMILES string of the molecule is CC(N)(CNCc1ccc(Br)s1)c1ccccc1. The molecule has 18 heavy (non-hydrogen) atoms. The van der Waals surface area contributed by atoms with Crippen LogP contribution < -0.4 is 11.1 Å². The van der Waals surface area contributed by atoms with Crippen molar-refractivity contribution >= 4 is 27.3 Å². The molecule has 0 aliphatic heterocycles. The normalized spacial score (nSPS) is 14.4. The second kappa shape index (κ2) is 5.97. The highest BCUT2D eigenvalue weighted by atomic mass is 79.9. The molecule has 0 amide bonds. The van der Waals surface area contributed by atoms with E-state index in [9.17, 15) is 0 Å². The van der Waals surface area contributed by atoms with Gasteiger partial charge in [-0.05, 0) is 40.5 Å². The van der Waals surface area contributed by atoms with Gasteiger partial charge in [0.2, 0.25) is 0 Å². The minimum atomic E-state index is -0.338. The Balaban J connectivity index is 1.89. The quantitative estimate of drug-likeness (QED) is 0.883. The molecule has 0 radical (unpaired) electrons. The van der Waals surface area contributed by atoms with Crippen LogP contribution in [0.1, 0.15) is 17.4 Å². The summed E-state index contributed by atoms with van der Waals surface area (Å²) in [7, 11) is 0. The monoisotopic (exact) mass is 324 g/mol. The Morgan fingerprint density at radius 3 is 2.56 bits per heavy atom. The van der Waals surface area contributed by atoms with Crippen molar-refractivity contribution in [2.45, 2.75) is 19.0 Å². The molecule has 1 heterocycles. The summed E-state index contributed by atoms with van der Waals surface area (Å²) in [4.78, 5) is 1.31. The van der Waals surface area contributed by atoms with Crippen molar-refractivity contribution in [2.75, 3.05) is 6.54 Å². The van der Waals surface area contributed by atoms with Crippen molar-refractivity contribution < 1.29 is 0 Å². The average Bonchev–Trinajstić information content (AvgIpc) is 2.76. The lowest BCUT2D eigenvalue weighted by molar-refractivity contribution is 0.447. The Bertz CT molecular complexity index is 494. The van der Waals surface area contributed by atoms with Crippen LogP contribution in [0, 0.1) is 0 Å². The predicted octanol–water partition coefficient (Wildman–Crippen LogP) is 3.47. The van der Waals surface area contributed by atoms with Crippen LogP contribution >= 0.6 is 27.3 Å². The number of thiophene rings is 1. The fraction of sp³-hybridized carbons (Fsp3) is 0.286. The molecule has 1 aromatic carbocycles. The maximum atomic E-state index is 6.34. The summed E-state index contributed by atoms with van der Waals surface area (Å²) >= 11 is 5.21. The first kappa shape index (κ1) is 13.7. The largest absolute Gasteiger partial charge is 0.321 e. The van der Waals surface area contributed by atoms with Crippen LogP contribution in [0.3, 0.4) is 0 Å². The van der Waals surface area contributed by atoms with E-state index in [0.29, 0.717) is 0 Å². The topological polar surface area (TPSA) is 38.0 Å². The number of hydrogen-bond donors (Lipinski definition) is 2. The fourth-order valence-corrected chi connectivity index (χ4v) is 3.27. The number of benzene rings is 1. The van der Waals surface area contributed by atoms with Gasteiger partial charge in [-0.3, -0.25) is 0 Å². The molecule has 2 aromatic rings. The summed E-state index contributed by atoms with van der Waals surface area (Å²) in [5.41, 5.74) is 7.16. The van der Waals surface area contributed by atoms with Gasteiger partial charge in [-0.15, -0.1) is 11.3 Å². The zero-order valence-electron chi connectivity index (χ0n) is 10.3. The van der Waals surface area contributed by atoms with E-state index in [1.807, 2.05) is 18.2 Å². The fourth-order valence-electron chi connectivity index (χ4n) is 1.81. The summed E-state index contributed by atoms with van der Waals surface area (Å²) in [5, 5.41) is 3.42. The van der Waals surface area contributed by atoms with Gasteiger partial charge in [0.05, 0.1) is 9.33 Å². The lowest BCUT2D eigenvalue weighted by Crippen LogP contribution is -2.43. The van der Waals surface area contributed by atoms with Crippen LogP contribution in [0.4, 0.5) is 0 Å². The summed E-state index contributed by atoms with van der Waals surface area (Å²) < 4.78 is 1.16. The molecule has 0 aliphatic carbocycles. The van der Waals surface area contributed by atoms with Crippen molar-refractivity contribution in [1.29, 1.82) is 0 Å². The first-order valence-corrected chi connectivity index (χ1v) is 7.48. The van der Waals surface area contributed by atoms with E-state index in [0.717, 1.165) is 22.4 Å². The van der Waals surface area contributed by atoms with Crippen LogP contribution in [0.2, 0.25) is 0 Å². The number of nitrogens with two attached hydrogens (primary N) is 1. The average molecular weight is 325 g/mol. The summed E-state index contributed by atoms with van der Waals surface area (Å²) in [6.07, 6.45) is 0. The highest BCUT2D eigenvalue weighted by molar-refractivity contribution is 9.11. The molecule has 0 spiro atoms. The molecule has 1 aromatic heterocycles. The highest BCUT2D eigenvalue weighted by Gasteiger charge is 2.20. The minimum absolute atomic E-state index is 0.338. The summed E-state index contributed by atoms with van der Waals surface area (Å²) in [6, 6.07) is 14.4. The molecule has 0 saturated heterocycles. The molecule has 2 rings (SSSR count). The number of hydrogen-bond acceptors (Lipinski definition) is 3. The Morgan fingerprint density at radius 1 is 1.22 bits per heavy atom. The lowest BCUT2D eigenvalue weighted by Gasteiger charge is -2.25. The standard InChI is InChI=1S/C14H17BrN2S/c1-14(16,11-5-3-2-4-6-11)10-17-9-12-7-8-13(15)18-12/h2-8,17H,9-10,16H2,1H3. The summed E-state index contributed by atoms with van der Waals surface area (Å²) in [5.74, 6) is 0. The van der Waals surface area contributed by atoms with E-state index in [-0.39, 0.29) is 5.54 Å². The van der Waals surface area contributed by atoms with Gasteiger partial charge >= 0.3 is 0 Å². The van der Waals surface area contributed by atoms with E-state index in [1.165, 1.54) is 4.88 Å². The first-order chi connectivity index (χ1) is 8.58.